The van der Waals surface area contributed by atoms with Gasteiger partial charge in [-0.2, -0.15) is 0 Å². The lowest BCUT2D eigenvalue weighted by Crippen LogP contribution is -2.46. The van der Waals surface area contributed by atoms with Gasteiger partial charge in [0.25, 0.3) is 0 Å². The van der Waals surface area contributed by atoms with E-state index in [1.807, 2.05) is 7.05 Å². The van der Waals surface area contributed by atoms with E-state index in [2.05, 4.69) is 5.32 Å². The molecule has 0 unspecified atom stereocenters. The highest BCUT2D eigenvalue weighted by Crippen LogP contribution is 2.23. The Kier molecular flexibility index (Phi) is 40.1. The van der Waals surface area contributed by atoms with Crippen molar-refractivity contribution in [2.45, 2.75) is 210 Å². The molecule has 0 spiro atoms. The molecule has 0 aromatic rings. The van der Waals surface area contributed by atoms with E-state index < -0.39 is 47.1 Å². The van der Waals surface area contributed by atoms with Crippen LogP contribution in [0.2, 0.25) is 0 Å². The second kappa shape index (κ2) is 41.4. The van der Waals surface area contributed by atoms with Crippen molar-refractivity contribution in [1.29, 1.82) is 0 Å². The number of hydrogen-bond donors (Lipinski definition) is 2. The molecule has 79 heavy (non-hydrogen) atoms. The van der Waals surface area contributed by atoms with Gasteiger partial charge in [-0.05, 0) is 182 Å². The first-order valence-electron chi connectivity index (χ1n) is 28.3. The number of unbranched alkanes of at least 4 members (excludes halogenated alkanes) is 4. The predicted molar refractivity (Wildman–Crippen MR) is 305 cm³/mol. The fraction of sp³-hybridized carbons (Fsp3) is 0.797. The summed E-state index contributed by atoms with van der Waals surface area (Å²) in [5.74, 6) is -2.86. The van der Waals surface area contributed by atoms with E-state index in [4.69, 9.17) is 15.2 Å². The van der Waals surface area contributed by atoms with Crippen molar-refractivity contribution in [1.82, 2.24) is 24.9 Å². The first-order chi connectivity index (χ1) is 36.6. The monoisotopic (exact) mass is 1120 g/mol. The van der Waals surface area contributed by atoms with Crippen LogP contribution in [-0.4, -0.2) is 198 Å². The van der Waals surface area contributed by atoms with Gasteiger partial charge < -0.3 is 20.5 Å². The molecule has 0 saturated heterocycles. The summed E-state index contributed by atoms with van der Waals surface area (Å²) < 4.78 is 10.8. The van der Waals surface area contributed by atoms with E-state index in [9.17, 15) is 57.5 Å². The molecule has 3 N–H and O–H groups in total. The molecular weight excluding hydrogens is 1020 g/mol. The van der Waals surface area contributed by atoms with Crippen LogP contribution in [-0.2, 0) is 67.0 Å². The largest absolute Gasteiger partial charge is 0.459 e. The minimum absolute atomic E-state index is 0.0200. The normalized spacial score (nSPS) is 13.3. The number of nitrogens with two attached hydrogens (primary N) is 1. The zero-order valence-corrected chi connectivity index (χ0v) is 51.3. The summed E-state index contributed by atoms with van der Waals surface area (Å²) in [6.07, 6.45) is 7.60. The topological polar surface area (TPSA) is 274 Å². The zero-order chi connectivity index (χ0) is 61.1. The molecule has 0 aliphatic carbocycles. The molecule has 0 aromatic carbocycles. The fourth-order valence-corrected chi connectivity index (χ4v) is 9.19. The maximum absolute atomic E-state index is 13.6. The third-order valence-electron chi connectivity index (χ3n) is 12.5. The van der Waals surface area contributed by atoms with Crippen molar-refractivity contribution in [3.8, 4) is 0 Å². The van der Waals surface area contributed by atoms with Crippen LogP contribution in [0.5, 0.6) is 0 Å². The second-order valence-electron chi connectivity index (χ2n) is 23.5. The molecule has 0 heterocycles. The second-order valence-corrected chi connectivity index (χ2v) is 23.5. The minimum atomic E-state index is -0.693. The number of ether oxygens (including phenoxy) is 2. The third-order valence-corrected chi connectivity index (χ3v) is 12.5. The van der Waals surface area contributed by atoms with Gasteiger partial charge in [0.15, 0.2) is 11.6 Å². The molecular formula is C59H104N6O14. The molecule has 0 aromatic heterocycles. The molecule has 0 aliphatic rings. The lowest BCUT2D eigenvalue weighted by Gasteiger charge is -2.30. The Morgan fingerprint density at radius 2 is 0.722 bits per heavy atom. The highest BCUT2D eigenvalue weighted by Gasteiger charge is 2.32. The summed E-state index contributed by atoms with van der Waals surface area (Å²) in [5, 5.41) is 3.08. The van der Waals surface area contributed by atoms with Crippen LogP contribution < -0.4 is 11.1 Å². The molecule has 20 nitrogen and oxygen atoms in total. The van der Waals surface area contributed by atoms with Gasteiger partial charge in [0.2, 0.25) is 0 Å². The number of hydrogen-bond acceptors (Lipinski definition) is 20. The molecule has 0 radical (unpaired) electrons. The summed E-state index contributed by atoms with van der Waals surface area (Å²) in [6, 6.07) is -1.37. The smallest absolute Gasteiger partial charge is 0.320 e. The summed E-state index contributed by atoms with van der Waals surface area (Å²) in [7, 11) is 1.87. The Hall–Kier alpha value is -4.60. The highest BCUT2D eigenvalue weighted by atomic mass is 16.6. The van der Waals surface area contributed by atoms with Gasteiger partial charge in [0, 0.05) is 24.7 Å². The van der Waals surface area contributed by atoms with Gasteiger partial charge in [0.1, 0.15) is 57.5 Å². The van der Waals surface area contributed by atoms with Gasteiger partial charge >= 0.3 is 11.9 Å². The van der Waals surface area contributed by atoms with E-state index in [1.165, 1.54) is 55.4 Å². The number of esters is 2. The molecule has 0 fully saturated rings. The van der Waals surface area contributed by atoms with Crippen molar-refractivity contribution in [2.24, 2.45) is 17.6 Å². The van der Waals surface area contributed by atoms with E-state index in [0.29, 0.717) is 71.0 Å². The van der Waals surface area contributed by atoms with E-state index in [-0.39, 0.29) is 123 Å². The van der Waals surface area contributed by atoms with Crippen LogP contribution in [0.3, 0.4) is 0 Å². The number of ketones is 10. The van der Waals surface area contributed by atoms with Gasteiger partial charge in [-0.25, -0.2) is 0 Å². The number of nitrogens with zero attached hydrogens (tertiary/aromatic N) is 4. The number of rotatable bonds is 45. The van der Waals surface area contributed by atoms with Crippen molar-refractivity contribution >= 4 is 69.8 Å². The van der Waals surface area contributed by atoms with Crippen molar-refractivity contribution in [3.63, 3.8) is 0 Å². The zero-order valence-electron chi connectivity index (χ0n) is 51.3. The number of carbonyl (C=O) groups is 12. The molecule has 20 heteroatoms. The van der Waals surface area contributed by atoms with Crippen LogP contribution in [0.25, 0.3) is 0 Å². The summed E-state index contributed by atoms with van der Waals surface area (Å²) in [5.41, 5.74) is 4.31. The van der Waals surface area contributed by atoms with Crippen molar-refractivity contribution < 1.29 is 67.0 Å². The lowest BCUT2D eigenvalue weighted by atomic mass is 9.88. The Bertz CT molecular complexity index is 1930. The van der Waals surface area contributed by atoms with Crippen LogP contribution >= 0.6 is 0 Å². The summed E-state index contributed by atoms with van der Waals surface area (Å²) >= 11 is 0. The third kappa shape index (κ3) is 42.0. The van der Waals surface area contributed by atoms with Crippen molar-refractivity contribution in [2.75, 3.05) is 85.6 Å². The quantitative estimate of drug-likeness (QED) is 0.0576. The number of Topliss-reactive ketones (excluding diaryl/α,β-unsaturated/α-hetero) is 10. The molecule has 4 atom stereocenters. The van der Waals surface area contributed by atoms with Gasteiger partial charge in [-0.15, -0.1) is 0 Å². The molecule has 0 aliphatic heterocycles. The van der Waals surface area contributed by atoms with E-state index in [1.54, 1.807) is 61.1 Å². The molecule has 0 bridgehead atoms. The molecule has 0 amide bonds. The van der Waals surface area contributed by atoms with Gasteiger partial charge in [-0.1, -0.05) is 25.7 Å². The Balaban J connectivity index is 0. The Morgan fingerprint density at radius 3 is 0.987 bits per heavy atom. The maximum atomic E-state index is 13.6. The van der Waals surface area contributed by atoms with Gasteiger partial charge in [0.05, 0.1) is 64.4 Å². The lowest BCUT2D eigenvalue weighted by molar-refractivity contribution is -0.157. The first-order valence-corrected chi connectivity index (χ1v) is 28.3. The minimum Gasteiger partial charge on any atom is -0.459 e. The SMILES string of the molecule is CC(=O)CN(CCCC[C@@H](C(=O)C[C@@H](CCCCN)C(C)=O)N(CC(C)=O)CC(C)=O)CC(=O)OC(C)(C)C.CNCCCC[C@H](CC(=O)[C@H](CCCCN(CC(C)=O)CC(=O)OC(C)(C)C)N(CC(C)=O)CC(C)=O)C(C)=O. The Labute approximate surface area is 473 Å². The molecule has 0 rings (SSSR count). The number of nitrogens with one attached hydrogen (secondary N) is 1. The predicted octanol–water partition coefficient (Wildman–Crippen LogP) is 5.32. The summed E-state index contributed by atoms with van der Waals surface area (Å²) in [4.78, 5) is 154. The average Bonchev–Trinajstić information content (AvgIpc) is 3.26. The van der Waals surface area contributed by atoms with Crippen LogP contribution in [0.1, 0.15) is 187 Å². The van der Waals surface area contributed by atoms with E-state index >= 15 is 0 Å². The number of carbonyl (C=O) groups excluding carboxylic acids is 12. The van der Waals surface area contributed by atoms with Crippen LogP contribution in [0.15, 0.2) is 0 Å². The van der Waals surface area contributed by atoms with E-state index in [0.717, 1.165) is 32.2 Å². The highest BCUT2D eigenvalue weighted by molar-refractivity contribution is 5.92. The Morgan fingerprint density at radius 1 is 0.418 bits per heavy atom. The van der Waals surface area contributed by atoms with Crippen LogP contribution in [0.4, 0.5) is 0 Å². The summed E-state index contributed by atoms with van der Waals surface area (Å²) in [6.45, 7) is 24.5. The molecule has 0 saturated carbocycles. The van der Waals surface area contributed by atoms with Gasteiger partial charge in [-0.3, -0.25) is 77.1 Å². The van der Waals surface area contributed by atoms with Crippen LogP contribution in [0, 0.1) is 11.8 Å². The first kappa shape index (κ1) is 76.5. The standard InChI is InChI=1S/C30H53N3O7.C29H51N3O7/c1-22(34)18-32(21-29(39)40-30(5,6)7)16-12-10-14-27(33(19-23(2)35)20-24(3)36)28(38)17-26(25(4)37)13-9-11-15-31-8;1-21(33)17-31(20-28(38)39-29(5,6)7)15-11-9-13-26(32(18-22(2)34)19-23(3)35)27(37)16-25(24(4)36)12-8-10-14-30/h26-27,31H,9-21H2,1-8H3;25-26H,8-20,30H2,1-7H3/t26-,27+;25-,26+/m11/s1. The molecule has 454 valence electrons. The average molecular weight is 1120 g/mol. The fourth-order valence-electron chi connectivity index (χ4n) is 9.19. The maximum Gasteiger partial charge on any atom is 0.320 e. The van der Waals surface area contributed by atoms with Crippen molar-refractivity contribution in [3.05, 3.63) is 0 Å².